The van der Waals surface area contributed by atoms with Gasteiger partial charge in [-0.2, -0.15) is 0 Å². The minimum atomic E-state index is -0.305. The highest BCUT2D eigenvalue weighted by atomic mass is 16.5. The van der Waals surface area contributed by atoms with Crippen molar-refractivity contribution in [1.29, 1.82) is 0 Å². The van der Waals surface area contributed by atoms with Gasteiger partial charge in [0.2, 0.25) is 0 Å². The number of Topliss-reactive ketones (excluding diaryl/α,β-unsaturated/α-hetero) is 1. The second-order valence-electron chi connectivity index (χ2n) is 6.04. The average Bonchev–Trinajstić information content (AvgIpc) is 2.76. The molecule has 0 heterocycles. The molecule has 1 rings (SSSR count). The van der Waals surface area contributed by atoms with Gasteiger partial charge in [0.1, 0.15) is 6.10 Å². The number of allylic oxidation sites excluding steroid dienone is 2. The Kier molecular flexibility index (Phi) is 7.22. The Morgan fingerprint density at radius 2 is 1.85 bits per heavy atom. The molecular weight excluding hydrogens is 248 g/mol. The maximum Gasteiger partial charge on any atom is 0.162 e. The van der Waals surface area contributed by atoms with Crippen LogP contribution < -0.4 is 0 Å². The first-order valence-electron chi connectivity index (χ1n) is 7.95. The van der Waals surface area contributed by atoms with Gasteiger partial charge in [-0.3, -0.25) is 4.79 Å². The molecule has 0 aromatic heterocycles. The zero-order chi connectivity index (χ0) is 15.1. The lowest BCUT2D eigenvalue weighted by Crippen LogP contribution is -2.33. The summed E-state index contributed by atoms with van der Waals surface area (Å²) in [6, 6.07) is 0. The minimum Gasteiger partial charge on any atom is -0.373 e. The third kappa shape index (κ3) is 4.31. The van der Waals surface area contributed by atoms with E-state index in [1.807, 2.05) is 0 Å². The highest BCUT2D eigenvalue weighted by Crippen LogP contribution is 2.32. The van der Waals surface area contributed by atoms with Crippen LogP contribution in [-0.4, -0.2) is 19.0 Å². The van der Waals surface area contributed by atoms with E-state index in [2.05, 4.69) is 39.8 Å². The van der Waals surface area contributed by atoms with Crippen molar-refractivity contribution in [3.05, 3.63) is 23.3 Å². The smallest absolute Gasteiger partial charge is 0.162 e. The van der Waals surface area contributed by atoms with Crippen LogP contribution in [0.15, 0.2) is 23.3 Å². The fourth-order valence-corrected chi connectivity index (χ4v) is 3.10. The van der Waals surface area contributed by atoms with E-state index in [9.17, 15) is 4.79 Å². The van der Waals surface area contributed by atoms with Crippen molar-refractivity contribution in [2.75, 3.05) is 7.11 Å². The summed E-state index contributed by atoms with van der Waals surface area (Å²) in [7, 11) is 1.66. The number of ether oxygens (including phenoxy) is 1. The summed E-state index contributed by atoms with van der Waals surface area (Å²) in [4.78, 5) is 12.6. The zero-order valence-electron chi connectivity index (χ0n) is 13.7. The second kappa shape index (κ2) is 8.41. The molecule has 114 valence electrons. The summed E-state index contributed by atoms with van der Waals surface area (Å²) in [5.41, 5.74) is 2.48. The summed E-state index contributed by atoms with van der Waals surface area (Å²) < 4.78 is 5.56. The van der Waals surface area contributed by atoms with Crippen LogP contribution in [0.2, 0.25) is 0 Å². The summed E-state index contributed by atoms with van der Waals surface area (Å²) in [5, 5.41) is 0. The summed E-state index contributed by atoms with van der Waals surface area (Å²) >= 11 is 0. The molecule has 0 saturated heterocycles. The molecule has 0 fully saturated rings. The first-order chi connectivity index (χ1) is 9.54. The fourth-order valence-electron chi connectivity index (χ4n) is 3.10. The quantitative estimate of drug-likeness (QED) is 0.611. The number of rotatable bonds is 9. The second-order valence-corrected chi connectivity index (χ2v) is 6.04. The van der Waals surface area contributed by atoms with Gasteiger partial charge in [-0.25, -0.2) is 0 Å². The molecule has 20 heavy (non-hydrogen) atoms. The normalized spacial score (nSPS) is 18.6. The molecule has 0 bridgehead atoms. The minimum absolute atomic E-state index is 0.149. The number of unbranched alkanes of at least 4 members (excludes halogenated alkanes) is 1. The molecule has 0 aliphatic heterocycles. The van der Waals surface area contributed by atoms with E-state index in [0.29, 0.717) is 12.3 Å². The number of carbonyl (C=O) groups excluding carboxylic acids is 1. The van der Waals surface area contributed by atoms with Gasteiger partial charge in [0.15, 0.2) is 5.78 Å². The molecule has 2 heteroatoms. The van der Waals surface area contributed by atoms with Crippen molar-refractivity contribution in [3.63, 3.8) is 0 Å². The third-order valence-electron chi connectivity index (χ3n) is 4.50. The number of hydrogen-bond acceptors (Lipinski definition) is 2. The van der Waals surface area contributed by atoms with Gasteiger partial charge in [-0.1, -0.05) is 62.8 Å². The van der Waals surface area contributed by atoms with Gasteiger partial charge in [-0.15, -0.1) is 0 Å². The first kappa shape index (κ1) is 17.2. The molecule has 0 amide bonds. The zero-order valence-corrected chi connectivity index (χ0v) is 13.7. The summed E-state index contributed by atoms with van der Waals surface area (Å²) in [6.07, 6.45) is 9.21. The van der Waals surface area contributed by atoms with E-state index in [1.165, 1.54) is 24.0 Å². The van der Waals surface area contributed by atoms with Crippen LogP contribution in [0.1, 0.15) is 59.8 Å². The lowest BCUT2D eigenvalue weighted by Gasteiger charge is -2.26. The van der Waals surface area contributed by atoms with Crippen molar-refractivity contribution in [1.82, 2.24) is 0 Å². The van der Waals surface area contributed by atoms with Crippen LogP contribution in [0.4, 0.5) is 0 Å². The monoisotopic (exact) mass is 278 g/mol. The van der Waals surface area contributed by atoms with E-state index in [-0.39, 0.29) is 17.8 Å². The van der Waals surface area contributed by atoms with Gasteiger partial charge in [0.05, 0.1) is 0 Å². The highest BCUT2D eigenvalue weighted by Gasteiger charge is 2.32. The summed E-state index contributed by atoms with van der Waals surface area (Å²) in [6.45, 7) is 8.56. The number of hydrogen-bond donors (Lipinski definition) is 0. The first-order valence-corrected chi connectivity index (χ1v) is 7.95. The largest absolute Gasteiger partial charge is 0.373 e. The molecule has 2 nitrogen and oxygen atoms in total. The number of methoxy groups -OCH3 is 1. The molecule has 0 spiro atoms. The standard InChI is InChI=1S/C18H30O2/c1-6-8-9-15(7-2)12-16(19)18(20-5)17-13(3)10-11-14(17)4/h10-11,15,17-18H,6-9,12H2,1-5H3. The Labute approximate surface area is 124 Å². The predicted octanol–water partition coefficient (Wildman–Crippen LogP) is 4.70. The van der Waals surface area contributed by atoms with E-state index < -0.39 is 0 Å². The third-order valence-corrected chi connectivity index (χ3v) is 4.50. The van der Waals surface area contributed by atoms with Crippen LogP contribution in [0.3, 0.4) is 0 Å². The molecule has 0 saturated carbocycles. The van der Waals surface area contributed by atoms with Crippen LogP contribution >= 0.6 is 0 Å². The highest BCUT2D eigenvalue weighted by molar-refractivity contribution is 5.84. The molecule has 1 aliphatic rings. The Bertz CT molecular complexity index is 361. The Morgan fingerprint density at radius 3 is 2.30 bits per heavy atom. The Morgan fingerprint density at radius 1 is 1.25 bits per heavy atom. The van der Waals surface area contributed by atoms with E-state index in [0.717, 1.165) is 12.8 Å². The van der Waals surface area contributed by atoms with E-state index >= 15 is 0 Å². The van der Waals surface area contributed by atoms with Crippen LogP contribution in [0, 0.1) is 11.8 Å². The van der Waals surface area contributed by atoms with E-state index in [1.54, 1.807) is 7.11 Å². The maximum atomic E-state index is 12.6. The van der Waals surface area contributed by atoms with Gasteiger partial charge in [-0.05, 0) is 19.8 Å². The maximum absolute atomic E-state index is 12.6. The van der Waals surface area contributed by atoms with Crippen LogP contribution in [-0.2, 0) is 9.53 Å². The van der Waals surface area contributed by atoms with Gasteiger partial charge >= 0.3 is 0 Å². The molecular formula is C18H30O2. The van der Waals surface area contributed by atoms with Gasteiger partial charge in [0, 0.05) is 19.4 Å². The van der Waals surface area contributed by atoms with Crippen molar-refractivity contribution >= 4 is 5.78 Å². The average molecular weight is 278 g/mol. The lowest BCUT2D eigenvalue weighted by molar-refractivity contribution is -0.131. The SMILES string of the molecule is CCCCC(CC)CC(=O)C(OC)C1C(C)=CC=C1C. The van der Waals surface area contributed by atoms with Gasteiger partial charge in [0.25, 0.3) is 0 Å². The van der Waals surface area contributed by atoms with E-state index in [4.69, 9.17) is 4.74 Å². The molecule has 0 aromatic rings. The lowest BCUT2D eigenvalue weighted by atomic mass is 9.84. The van der Waals surface area contributed by atoms with Crippen LogP contribution in [0.5, 0.6) is 0 Å². The van der Waals surface area contributed by atoms with Crippen molar-refractivity contribution in [3.8, 4) is 0 Å². The number of carbonyl (C=O) groups is 1. The topological polar surface area (TPSA) is 26.3 Å². The summed E-state index contributed by atoms with van der Waals surface area (Å²) in [5.74, 6) is 0.925. The van der Waals surface area contributed by atoms with Crippen molar-refractivity contribution in [2.24, 2.45) is 11.8 Å². The fraction of sp³-hybridized carbons (Fsp3) is 0.722. The Balaban J connectivity index is 2.67. The molecule has 0 N–H and O–H groups in total. The predicted molar refractivity (Wildman–Crippen MR) is 84.7 cm³/mol. The van der Waals surface area contributed by atoms with Crippen LogP contribution in [0.25, 0.3) is 0 Å². The Hall–Kier alpha value is -0.890. The molecule has 0 radical (unpaired) electrons. The van der Waals surface area contributed by atoms with Gasteiger partial charge < -0.3 is 4.74 Å². The van der Waals surface area contributed by atoms with Crippen molar-refractivity contribution in [2.45, 2.75) is 65.9 Å². The molecule has 2 atom stereocenters. The molecule has 0 aromatic carbocycles. The number of ketones is 1. The molecule has 2 unspecified atom stereocenters. The molecule has 1 aliphatic carbocycles. The van der Waals surface area contributed by atoms with Crippen molar-refractivity contribution < 1.29 is 9.53 Å².